The van der Waals surface area contributed by atoms with Gasteiger partial charge in [-0.2, -0.15) is 5.10 Å². The van der Waals surface area contributed by atoms with Crippen LogP contribution in [0, 0.1) is 5.82 Å². The van der Waals surface area contributed by atoms with E-state index < -0.39 is 0 Å². The number of aromatic nitrogens is 2. The Morgan fingerprint density at radius 2 is 2.31 bits per heavy atom. The van der Waals surface area contributed by atoms with Gasteiger partial charge >= 0.3 is 0 Å². The maximum Gasteiger partial charge on any atom is 0.150 e. The van der Waals surface area contributed by atoms with Crippen molar-refractivity contribution in [2.75, 3.05) is 6.61 Å². The van der Waals surface area contributed by atoms with Crippen LogP contribution < -0.4 is 0 Å². The molecule has 0 aliphatic carbocycles. The second kappa shape index (κ2) is 3.87. The van der Waals surface area contributed by atoms with E-state index in [1.807, 2.05) is 6.07 Å². The summed E-state index contributed by atoms with van der Waals surface area (Å²) in [7, 11) is 0. The lowest BCUT2D eigenvalue weighted by atomic mass is 10.2. The summed E-state index contributed by atoms with van der Waals surface area (Å²) in [6, 6.07) is 5.04. The normalized spacial score (nSPS) is 21.4. The van der Waals surface area contributed by atoms with Gasteiger partial charge in [0.05, 0.1) is 17.1 Å². The predicted molar refractivity (Wildman–Crippen MR) is 58.5 cm³/mol. The van der Waals surface area contributed by atoms with Crippen molar-refractivity contribution in [3.05, 3.63) is 30.2 Å². The average Bonchev–Trinajstić information content (AvgIpc) is 2.75. The first-order valence-electron chi connectivity index (χ1n) is 5.59. The van der Waals surface area contributed by atoms with Crippen molar-refractivity contribution in [2.24, 2.45) is 0 Å². The Kier molecular flexibility index (Phi) is 2.36. The fourth-order valence-electron chi connectivity index (χ4n) is 2.18. The number of halogens is 1. The number of benzene rings is 1. The third-order valence-electron chi connectivity index (χ3n) is 3.02. The number of fused-ring (bicyclic) bond motifs is 1. The fraction of sp³-hybridized carbons (Fsp3) is 0.417. The van der Waals surface area contributed by atoms with E-state index in [1.165, 1.54) is 6.07 Å². The standard InChI is InChI=1S/C12H13FN2O/c13-10-4-3-5-11-9(10)8-14-15(11)12-6-1-2-7-16-12/h3-5,8,12H,1-2,6-7H2. The minimum atomic E-state index is -0.223. The van der Waals surface area contributed by atoms with Crippen molar-refractivity contribution >= 4 is 10.9 Å². The number of ether oxygens (including phenoxy) is 1. The van der Waals surface area contributed by atoms with Crippen molar-refractivity contribution in [1.29, 1.82) is 0 Å². The second-order valence-corrected chi connectivity index (χ2v) is 4.08. The molecule has 1 aliphatic rings. The predicted octanol–water partition coefficient (Wildman–Crippen LogP) is 2.87. The highest BCUT2D eigenvalue weighted by Gasteiger charge is 2.18. The average molecular weight is 220 g/mol. The van der Waals surface area contributed by atoms with Crippen LogP contribution in [-0.4, -0.2) is 16.4 Å². The highest BCUT2D eigenvalue weighted by atomic mass is 19.1. The van der Waals surface area contributed by atoms with Crippen molar-refractivity contribution in [1.82, 2.24) is 9.78 Å². The molecule has 2 heterocycles. The van der Waals surface area contributed by atoms with Gasteiger partial charge in [0.2, 0.25) is 0 Å². The van der Waals surface area contributed by atoms with E-state index in [2.05, 4.69) is 5.10 Å². The molecule has 0 spiro atoms. The van der Waals surface area contributed by atoms with E-state index in [1.54, 1.807) is 16.9 Å². The molecule has 1 fully saturated rings. The summed E-state index contributed by atoms with van der Waals surface area (Å²) in [6.07, 6.45) is 4.73. The lowest BCUT2D eigenvalue weighted by molar-refractivity contribution is -0.0366. The molecule has 3 rings (SSSR count). The fourth-order valence-corrected chi connectivity index (χ4v) is 2.18. The molecule has 0 saturated carbocycles. The Hall–Kier alpha value is -1.42. The Bertz CT molecular complexity index is 503. The summed E-state index contributed by atoms with van der Waals surface area (Å²) >= 11 is 0. The molecule has 0 radical (unpaired) electrons. The molecule has 1 atom stereocenters. The molecular weight excluding hydrogens is 207 g/mol. The number of hydrogen-bond acceptors (Lipinski definition) is 2. The summed E-state index contributed by atoms with van der Waals surface area (Å²) in [6.45, 7) is 0.765. The summed E-state index contributed by atoms with van der Waals surface area (Å²) in [5.41, 5.74) is 0.812. The summed E-state index contributed by atoms with van der Waals surface area (Å²) < 4.78 is 20.9. The van der Waals surface area contributed by atoms with Gasteiger partial charge in [0, 0.05) is 6.61 Å². The van der Waals surface area contributed by atoms with Gasteiger partial charge in [-0.1, -0.05) is 6.07 Å². The minimum Gasteiger partial charge on any atom is -0.356 e. The molecule has 1 aromatic carbocycles. The van der Waals surface area contributed by atoms with E-state index in [0.717, 1.165) is 31.4 Å². The third-order valence-corrected chi connectivity index (χ3v) is 3.02. The van der Waals surface area contributed by atoms with Crippen LogP contribution in [0.2, 0.25) is 0 Å². The summed E-state index contributed by atoms with van der Waals surface area (Å²) in [4.78, 5) is 0. The summed E-state index contributed by atoms with van der Waals surface area (Å²) in [5, 5.41) is 4.80. The lowest BCUT2D eigenvalue weighted by Gasteiger charge is -2.23. The van der Waals surface area contributed by atoms with Gasteiger partial charge in [-0.05, 0) is 31.4 Å². The lowest BCUT2D eigenvalue weighted by Crippen LogP contribution is -2.18. The van der Waals surface area contributed by atoms with Crippen LogP contribution in [0.1, 0.15) is 25.5 Å². The van der Waals surface area contributed by atoms with Crippen molar-refractivity contribution in [3.63, 3.8) is 0 Å². The Morgan fingerprint density at radius 3 is 3.12 bits per heavy atom. The van der Waals surface area contributed by atoms with Crippen LogP contribution in [0.4, 0.5) is 4.39 Å². The molecular formula is C12H13FN2O. The van der Waals surface area contributed by atoms with Gasteiger partial charge in [-0.3, -0.25) is 0 Å². The van der Waals surface area contributed by atoms with Crippen LogP contribution in [0.25, 0.3) is 10.9 Å². The van der Waals surface area contributed by atoms with Crippen LogP contribution in [0.5, 0.6) is 0 Å². The van der Waals surface area contributed by atoms with E-state index in [0.29, 0.717) is 5.39 Å². The molecule has 3 nitrogen and oxygen atoms in total. The largest absolute Gasteiger partial charge is 0.356 e. The van der Waals surface area contributed by atoms with Crippen molar-refractivity contribution in [2.45, 2.75) is 25.5 Å². The maximum atomic E-state index is 13.5. The number of rotatable bonds is 1. The Morgan fingerprint density at radius 1 is 1.38 bits per heavy atom. The van der Waals surface area contributed by atoms with Gasteiger partial charge < -0.3 is 4.74 Å². The second-order valence-electron chi connectivity index (χ2n) is 4.08. The zero-order chi connectivity index (χ0) is 11.0. The van der Waals surface area contributed by atoms with Crippen LogP contribution >= 0.6 is 0 Å². The Labute approximate surface area is 92.8 Å². The van der Waals surface area contributed by atoms with Gasteiger partial charge in [0.25, 0.3) is 0 Å². The van der Waals surface area contributed by atoms with E-state index in [-0.39, 0.29) is 12.0 Å². The zero-order valence-corrected chi connectivity index (χ0v) is 8.90. The van der Waals surface area contributed by atoms with Gasteiger partial charge in [-0.25, -0.2) is 9.07 Å². The highest BCUT2D eigenvalue weighted by Crippen LogP contribution is 2.26. The monoisotopic (exact) mass is 220 g/mol. The first-order valence-corrected chi connectivity index (χ1v) is 5.59. The quantitative estimate of drug-likeness (QED) is 0.738. The molecule has 1 aromatic heterocycles. The molecule has 16 heavy (non-hydrogen) atoms. The molecule has 0 bridgehead atoms. The summed E-state index contributed by atoms with van der Waals surface area (Å²) in [5.74, 6) is -0.223. The molecule has 0 N–H and O–H groups in total. The topological polar surface area (TPSA) is 27.1 Å². The first-order chi connectivity index (χ1) is 7.86. The molecule has 1 saturated heterocycles. The van der Waals surface area contributed by atoms with Crippen LogP contribution in [0.3, 0.4) is 0 Å². The minimum absolute atomic E-state index is 0.0342. The zero-order valence-electron chi connectivity index (χ0n) is 8.90. The van der Waals surface area contributed by atoms with Crippen molar-refractivity contribution < 1.29 is 9.13 Å². The molecule has 1 unspecified atom stereocenters. The first kappa shape index (κ1) is 9.78. The molecule has 84 valence electrons. The van der Waals surface area contributed by atoms with Crippen LogP contribution in [-0.2, 0) is 4.74 Å². The van der Waals surface area contributed by atoms with Crippen LogP contribution in [0.15, 0.2) is 24.4 Å². The van der Waals surface area contributed by atoms with E-state index in [4.69, 9.17) is 4.74 Å². The van der Waals surface area contributed by atoms with Crippen molar-refractivity contribution in [3.8, 4) is 0 Å². The molecule has 1 aliphatic heterocycles. The molecule has 2 aromatic rings. The molecule has 4 heteroatoms. The maximum absolute atomic E-state index is 13.5. The smallest absolute Gasteiger partial charge is 0.150 e. The highest BCUT2D eigenvalue weighted by molar-refractivity contribution is 5.79. The van der Waals surface area contributed by atoms with E-state index >= 15 is 0 Å². The third kappa shape index (κ3) is 1.50. The molecule has 0 amide bonds. The van der Waals surface area contributed by atoms with Gasteiger partial charge in [0.1, 0.15) is 5.82 Å². The van der Waals surface area contributed by atoms with Gasteiger partial charge in [0.15, 0.2) is 6.23 Å². The van der Waals surface area contributed by atoms with Gasteiger partial charge in [-0.15, -0.1) is 0 Å². The van der Waals surface area contributed by atoms with E-state index in [9.17, 15) is 4.39 Å². The Balaban J connectivity index is 2.06. The SMILES string of the molecule is Fc1cccc2c1cnn2C1CCCCO1. The number of hydrogen-bond donors (Lipinski definition) is 0. The number of nitrogens with zero attached hydrogens (tertiary/aromatic N) is 2.